The van der Waals surface area contributed by atoms with Crippen LogP contribution in [0, 0.1) is 0 Å². The maximum absolute atomic E-state index is 5.09. The van der Waals surface area contributed by atoms with E-state index in [0.29, 0.717) is 6.73 Å². The molecule has 1 heterocycles. The molecule has 52 valence electrons. The molecule has 0 saturated heterocycles. The van der Waals surface area contributed by atoms with Crippen LogP contribution in [0.2, 0.25) is 0 Å². The smallest absolute Gasteiger partial charge is 0.158 e. The van der Waals surface area contributed by atoms with Gasteiger partial charge in [-0.05, 0) is 12.5 Å². The Kier molecular flexibility index (Phi) is 1.24. The zero-order chi connectivity index (χ0) is 6.81. The van der Waals surface area contributed by atoms with Crippen molar-refractivity contribution in [3.63, 3.8) is 0 Å². The van der Waals surface area contributed by atoms with E-state index in [2.05, 4.69) is 23.5 Å². The molecule has 2 aliphatic rings. The van der Waals surface area contributed by atoms with E-state index in [-0.39, 0.29) is 0 Å². The first-order valence-corrected chi connectivity index (χ1v) is 3.38. The second-order valence-electron chi connectivity index (χ2n) is 2.34. The maximum Gasteiger partial charge on any atom is 0.158 e. The normalized spacial score (nSPS) is 21.6. The molecule has 1 N–H and O–H groups in total. The molecule has 2 rings (SSSR count). The highest BCUT2D eigenvalue weighted by molar-refractivity contribution is 5.37. The van der Waals surface area contributed by atoms with Gasteiger partial charge in [-0.3, -0.25) is 0 Å². The zero-order valence-corrected chi connectivity index (χ0v) is 5.63. The van der Waals surface area contributed by atoms with E-state index in [9.17, 15) is 0 Å². The van der Waals surface area contributed by atoms with Gasteiger partial charge in [-0.2, -0.15) is 0 Å². The minimum Gasteiger partial charge on any atom is -0.481 e. The van der Waals surface area contributed by atoms with Crippen molar-refractivity contribution in [1.82, 2.24) is 5.32 Å². The number of fused-ring (bicyclic) bond motifs is 1. The molecule has 0 radical (unpaired) electrons. The molecule has 2 heteroatoms. The Morgan fingerprint density at radius 2 is 2.50 bits per heavy atom. The fourth-order valence-electron chi connectivity index (χ4n) is 1.12. The molecule has 0 fully saturated rings. The van der Waals surface area contributed by atoms with Crippen molar-refractivity contribution in [3.05, 3.63) is 35.8 Å². The van der Waals surface area contributed by atoms with E-state index in [4.69, 9.17) is 4.74 Å². The Morgan fingerprint density at radius 3 is 3.40 bits per heavy atom. The van der Waals surface area contributed by atoms with Crippen molar-refractivity contribution in [2.24, 2.45) is 0 Å². The molecule has 0 saturated carbocycles. The van der Waals surface area contributed by atoms with Crippen molar-refractivity contribution in [1.29, 1.82) is 0 Å². The minimum absolute atomic E-state index is 0.600. The van der Waals surface area contributed by atoms with E-state index in [1.54, 1.807) is 0 Å². The average molecular weight is 135 g/mol. The highest BCUT2D eigenvalue weighted by atomic mass is 16.5. The van der Waals surface area contributed by atoms with E-state index < -0.39 is 0 Å². The van der Waals surface area contributed by atoms with Crippen LogP contribution in [-0.4, -0.2) is 6.73 Å². The summed E-state index contributed by atoms with van der Waals surface area (Å²) in [6, 6.07) is 0. The number of nitrogens with one attached hydrogen (secondary N) is 1. The van der Waals surface area contributed by atoms with Gasteiger partial charge in [0.05, 0.1) is 6.26 Å². The van der Waals surface area contributed by atoms with Gasteiger partial charge in [0, 0.05) is 11.3 Å². The Hall–Kier alpha value is -1.18. The number of hydrogen-bond acceptors (Lipinski definition) is 2. The highest BCUT2D eigenvalue weighted by Crippen LogP contribution is 2.19. The van der Waals surface area contributed by atoms with E-state index in [0.717, 1.165) is 6.42 Å². The van der Waals surface area contributed by atoms with Gasteiger partial charge in [-0.15, -0.1) is 0 Å². The molecule has 0 spiro atoms. The summed E-state index contributed by atoms with van der Waals surface area (Å²) < 4.78 is 5.09. The Bertz CT molecular complexity index is 225. The summed E-state index contributed by atoms with van der Waals surface area (Å²) in [6.45, 7) is 0.600. The molecule has 0 aromatic heterocycles. The summed E-state index contributed by atoms with van der Waals surface area (Å²) in [4.78, 5) is 0. The van der Waals surface area contributed by atoms with Gasteiger partial charge >= 0.3 is 0 Å². The largest absolute Gasteiger partial charge is 0.481 e. The van der Waals surface area contributed by atoms with Crippen LogP contribution in [-0.2, 0) is 4.74 Å². The average Bonchev–Trinajstić information content (AvgIpc) is 2.05. The predicted molar refractivity (Wildman–Crippen MR) is 39.0 cm³/mol. The lowest BCUT2D eigenvalue weighted by Gasteiger charge is -2.20. The van der Waals surface area contributed by atoms with E-state index >= 15 is 0 Å². The molecule has 0 bridgehead atoms. The molecule has 1 aliphatic carbocycles. The predicted octanol–water partition coefficient (Wildman–Crippen LogP) is 1.29. The molecule has 0 amide bonds. The molecule has 0 aromatic rings. The van der Waals surface area contributed by atoms with Crippen LogP contribution >= 0.6 is 0 Å². The van der Waals surface area contributed by atoms with Crippen LogP contribution in [0.1, 0.15) is 6.42 Å². The molecular weight excluding hydrogens is 126 g/mol. The van der Waals surface area contributed by atoms with Crippen LogP contribution in [0.25, 0.3) is 0 Å². The summed E-state index contributed by atoms with van der Waals surface area (Å²) in [6.07, 6.45) is 9.05. The topological polar surface area (TPSA) is 21.3 Å². The van der Waals surface area contributed by atoms with Gasteiger partial charge in [-0.25, -0.2) is 0 Å². The lowest BCUT2D eigenvalue weighted by atomic mass is 10.1. The van der Waals surface area contributed by atoms with Gasteiger partial charge in [0.1, 0.15) is 0 Å². The van der Waals surface area contributed by atoms with Crippen molar-refractivity contribution in [3.8, 4) is 0 Å². The third-order valence-electron chi connectivity index (χ3n) is 1.65. The standard InChI is InChI=1S/C8H9NO/c1-2-4-8-7(3-1)5-10-6-9-8/h1-2,4-5,9H,3,6H2. The van der Waals surface area contributed by atoms with Gasteiger partial charge < -0.3 is 10.1 Å². The first-order valence-electron chi connectivity index (χ1n) is 3.38. The number of hydrogen-bond donors (Lipinski definition) is 1. The van der Waals surface area contributed by atoms with Crippen LogP contribution in [0.4, 0.5) is 0 Å². The second-order valence-corrected chi connectivity index (χ2v) is 2.34. The van der Waals surface area contributed by atoms with Crippen molar-refractivity contribution in [2.45, 2.75) is 6.42 Å². The van der Waals surface area contributed by atoms with Crippen molar-refractivity contribution < 1.29 is 4.74 Å². The van der Waals surface area contributed by atoms with Crippen LogP contribution in [0.3, 0.4) is 0 Å². The third kappa shape index (κ3) is 0.817. The van der Waals surface area contributed by atoms with Gasteiger partial charge in [0.2, 0.25) is 0 Å². The maximum atomic E-state index is 5.09. The number of ether oxygens (including phenoxy) is 1. The minimum atomic E-state index is 0.600. The van der Waals surface area contributed by atoms with E-state index in [1.807, 2.05) is 6.26 Å². The van der Waals surface area contributed by atoms with Crippen LogP contribution < -0.4 is 5.32 Å². The molecule has 10 heavy (non-hydrogen) atoms. The Labute approximate surface area is 59.9 Å². The number of rotatable bonds is 0. The second kappa shape index (κ2) is 2.21. The quantitative estimate of drug-likeness (QED) is 0.540. The summed E-state index contributed by atoms with van der Waals surface area (Å²) >= 11 is 0. The molecule has 0 aromatic carbocycles. The zero-order valence-electron chi connectivity index (χ0n) is 5.63. The molecule has 1 aliphatic heterocycles. The highest BCUT2D eigenvalue weighted by Gasteiger charge is 2.09. The summed E-state index contributed by atoms with van der Waals surface area (Å²) in [5, 5.41) is 3.14. The fraction of sp³-hybridized carbons (Fsp3) is 0.250. The molecule has 0 atom stereocenters. The SMILES string of the molecule is C1=CCC2=COCNC2=C1. The molecular formula is C8H9NO. The van der Waals surface area contributed by atoms with Crippen molar-refractivity contribution >= 4 is 0 Å². The Morgan fingerprint density at radius 1 is 1.50 bits per heavy atom. The van der Waals surface area contributed by atoms with E-state index in [1.165, 1.54) is 11.3 Å². The molecule has 0 unspecified atom stereocenters. The lowest BCUT2D eigenvalue weighted by Crippen LogP contribution is -2.22. The first kappa shape index (κ1) is 5.59. The van der Waals surface area contributed by atoms with Gasteiger partial charge in [0.25, 0.3) is 0 Å². The fourth-order valence-corrected chi connectivity index (χ4v) is 1.12. The van der Waals surface area contributed by atoms with Crippen LogP contribution in [0.15, 0.2) is 35.8 Å². The first-order chi connectivity index (χ1) is 4.97. The van der Waals surface area contributed by atoms with Gasteiger partial charge in [0.15, 0.2) is 6.73 Å². The summed E-state index contributed by atoms with van der Waals surface area (Å²) in [5.74, 6) is 0. The van der Waals surface area contributed by atoms with Gasteiger partial charge in [-0.1, -0.05) is 12.2 Å². The summed E-state index contributed by atoms with van der Waals surface area (Å²) in [7, 11) is 0. The Balaban J connectivity index is 2.32. The third-order valence-corrected chi connectivity index (χ3v) is 1.65. The molecule has 2 nitrogen and oxygen atoms in total. The monoisotopic (exact) mass is 135 g/mol. The number of allylic oxidation sites excluding steroid dienone is 4. The van der Waals surface area contributed by atoms with Crippen molar-refractivity contribution in [2.75, 3.05) is 6.73 Å². The lowest BCUT2D eigenvalue weighted by molar-refractivity contribution is 0.218. The van der Waals surface area contributed by atoms with Crippen LogP contribution in [0.5, 0.6) is 0 Å². The summed E-state index contributed by atoms with van der Waals surface area (Å²) in [5.41, 5.74) is 2.45.